The Balaban J connectivity index is 1.63. The summed E-state index contributed by atoms with van der Waals surface area (Å²) in [6.07, 6.45) is 1.58. The molecule has 0 saturated carbocycles. The fourth-order valence-corrected chi connectivity index (χ4v) is 5.63. The molecule has 2 aromatic carbocycles. The van der Waals surface area contributed by atoms with Crippen LogP contribution in [0.2, 0.25) is 0 Å². The fourth-order valence-electron chi connectivity index (χ4n) is 4.61. The highest BCUT2D eigenvalue weighted by Crippen LogP contribution is 2.32. The number of thiazole rings is 1. The van der Waals surface area contributed by atoms with Crippen molar-refractivity contribution in [1.82, 2.24) is 4.57 Å². The number of aromatic nitrogens is 1. The minimum atomic E-state index is -0.729. The molecule has 1 aliphatic heterocycles. The molecular formula is C29H26N4O6S. The molecule has 0 N–H and O–H groups in total. The summed E-state index contributed by atoms with van der Waals surface area (Å²) < 4.78 is 13.1. The molecular weight excluding hydrogens is 532 g/mol. The van der Waals surface area contributed by atoms with Crippen LogP contribution in [0.25, 0.3) is 17.4 Å². The summed E-state index contributed by atoms with van der Waals surface area (Å²) in [6, 6.07) is 16.5. The van der Waals surface area contributed by atoms with Crippen LogP contribution in [-0.2, 0) is 9.53 Å². The fraction of sp³-hybridized carbons (Fsp3) is 0.207. The summed E-state index contributed by atoms with van der Waals surface area (Å²) in [5.74, 6) is 0.136. The lowest BCUT2D eigenvalue weighted by Gasteiger charge is -2.25. The van der Waals surface area contributed by atoms with Gasteiger partial charge in [0.25, 0.3) is 11.2 Å². The van der Waals surface area contributed by atoms with Crippen molar-refractivity contribution < 1.29 is 18.9 Å². The van der Waals surface area contributed by atoms with Crippen LogP contribution in [0.15, 0.2) is 86.1 Å². The lowest BCUT2D eigenvalue weighted by Crippen LogP contribution is -2.39. The Kier molecular flexibility index (Phi) is 7.22. The van der Waals surface area contributed by atoms with Crippen LogP contribution in [0.5, 0.6) is 0 Å². The van der Waals surface area contributed by atoms with Gasteiger partial charge in [-0.3, -0.25) is 19.5 Å². The summed E-state index contributed by atoms with van der Waals surface area (Å²) in [6.45, 7) is 3.65. The number of furan rings is 1. The van der Waals surface area contributed by atoms with E-state index in [2.05, 4.69) is 4.99 Å². The molecule has 0 radical (unpaired) electrons. The van der Waals surface area contributed by atoms with E-state index in [1.807, 2.05) is 43.3 Å². The third-order valence-corrected chi connectivity index (χ3v) is 7.49. The molecule has 11 heteroatoms. The number of nitrogens with zero attached hydrogens (tertiary/aromatic N) is 4. The number of anilines is 1. The van der Waals surface area contributed by atoms with Gasteiger partial charge in [0.1, 0.15) is 11.5 Å². The van der Waals surface area contributed by atoms with E-state index in [0.29, 0.717) is 37.7 Å². The van der Waals surface area contributed by atoms with Gasteiger partial charge in [-0.1, -0.05) is 35.6 Å². The van der Waals surface area contributed by atoms with Crippen molar-refractivity contribution in [2.45, 2.75) is 19.9 Å². The second kappa shape index (κ2) is 10.8. The number of rotatable bonds is 7. The zero-order valence-corrected chi connectivity index (χ0v) is 23.1. The topological polar surface area (TPSA) is 120 Å². The lowest BCUT2D eigenvalue weighted by molar-refractivity contribution is -0.384. The monoisotopic (exact) mass is 558 g/mol. The van der Waals surface area contributed by atoms with Crippen molar-refractivity contribution in [2.24, 2.45) is 4.99 Å². The second-order valence-corrected chi connectivity index (χ2v) is 10.3. The molecule has 5 rings (SSSR count). The number of esters is 1. The van der Waals surface area contributed by atoms with Crippen LogP contribution >= 0.6 is 11.3 Å². The molecule has 0 bridgehead atoms. The van der Waals surface area contributed by atoms with Crippen molar-refractivity contribution in [3.8, 4) is 11.3 Å². The van der Waals surface area contributed by atoms with E-state index in [-0.39, 0.29) is 17.9 Å². The summed E-state index contributed by atoms with van der Waals surface area (Å²) >= 11 is 1.17. The van der Waals surface area contributed by atoms with Crippen molar-refractivity contribution >= 4 is 34.8 Å². The minimum absolute atomic E-state index is 0.0787. The van der Waals surface area contributed by atoms with Gasteiger partial charge >= 0.3 is 5.97 Å². The van der Waals surface area contributed by atoms with Gasteiger partial charge in [0.15, 0.2) is 4.80 Å². The molecule has 1 aliphatic rings. The molecule has 0 amide bonds. The normalized spacial score (nSPS) is 15.0. The highest BCUT2D eigenvalue weighted by atomic mass is 32.1. The molecule has 0 unspecified atom stereocenters. The molecule has 2 aromatic heterocycles. The predicted molar refractivity (Wildman–Crippen MR) is 152 cm³/mol. The van der Waals surface area contributed by atoms with Crippen LogP contribution in [0.4, 0.5) is 11.4 Å². The third kappa shape index (κ3) is 4.87. The molecule has 4 aromatic rings. The SMILES string of the molecule is CCOC(=O)C1=C(C)N=c2s/c(=C/c3ccc(-c4ccccc4[N+](=O)[O-])o3)c(=O)n2[C@@H]1c1ccc(N(C)C)cc1. The van der Waals surface area contributed by atoms with Crippen LogP contribution in [0.1, 0.15) is 31.2 Å². The van der Waals surface area contributed by atoms with Gasteiger partial charge < -0.3 is 14.1 Å². The Hall–Kier alpha value is -4.77. The maximum absolute atomic E-state index is 13.8. The first-order valence-corrected chi connectivity index (χ1v) is 13.3. The number of allylic oxidation sites excluding steroid dienone is 1. The number of para-hydroxylation sites is 1. The van der Waals surface area contributed by atoms with E-state index >= 15 is 0 Å². The van der Waals surface area contributed by atoms with Crippen molar-refractivity contribution in [3.05, 3.63) is 113 Å². The predicted octanol–water partition coefficient (Wildman–Crippen LogP) is 4.03. The van der Waals surface area contributed by atoms with Gasteiger partial charge in [-0.2, -0.15) is 0 Å². The van der Waals surface area contributed by atoms with Gasteiger partial charge in [0.05, 0.1) is 38.9 Å². The first kappa shape index (κ1) is 26.8. The number of hydrogen-bond donors (Lipinski definition) is 0. The summed E-state index contributed by atoms with van der Waals surface area (Å²) in [5, 5.41) is 11.5. The number of nitro groups is 1. The number of carbonyl (C=O) groups excluding carboxylic acids is 1. The van der Waals surface area contributed by atoms with E-state index in [1.54, 1.807) is 50.3 Å². The number of hydrogen-bond acceptors (Lipinski definition) is 9. The number of carbonyl (C=O) groups is 1. The maximum Gasteiger partial charge on any atom is 0.338 e. The number of nitro benzene ring substituents is 1. The summed E-state index contributed by atoms with van der Waals surface area (Å²) in [4.78, 5) is 44.8. The zero-order valence-electron chi connectivity index (χ0n) is 22.3. The van der Waals surface area contributed by atoms with Crippen LogP contribution in [0, 0.1) is 10.1 Å². The maximum atomic E-state index is 13.8. The summed E-state index contributed by atoms with van der Waals surface area (Å²) in [5.41, 5.74) is 2.41. The third-order valence-electron chi connectivity index (χ3n) is 6.51. The average Bonchev–Trinajstić information content (AvgIpc) is 3.52. The van der Waals surface area contributed by atoms with E-state index in [0.717, 1.165) is 11.3 Å². The molecule has 3 heterocycles. The first-order valence-electron chi connectivity index (χ1n) is 12.5. The van der Waals surface area contributed by atoms with Gasteiger partial charge in [0, 0.05) is 31.9 Å². The van der Waals surface area contributed by atoms with Gasteiger partial charge in [-0.25, -0.2) is 9.79 Å². The standard InChI is InChI=1S/C29H26N4O6S/c1-5-38-28(35)25-17(2)30-29-32(26(25)18-10-12-19(13-11-18)31(3)4)27(34)24(40-29)16-20-14-15-23(39-20)21-8-6-7-9-22(21)33(36)37/h6-16,26H,5H2,1-4H3/b24-16+/t26-/m1/s1. The molecule has 0 saturated heterocycles. The Morgan fingerprint density at radius 3 is 2.58 bits per heavy atom. The van der Waals surface area contributed by atoms with Crippen LogP contribution in [-0.4, -0.2) is 36.2 Å². The molecule has 0 spiro atoms. The quantitative estimate of drug-likeness (QED) is 0.191. The van der Waals surface area contributed by atoms with E-state index < -0.39 is 16.9 Å². The molecule has 204 valence electrons. The minimum Gasteiger partial charge on any atom is -0.463 e. The van der Waals surface area contributed by atoms with Gasteiger partial charge in [-0.15, -0.1) is 0 Å². The highest BCUT2D eigenvalue weighted by Gasteiger charge is 2.33. The molecule has 10 nitrogen and oxygen atoms in total. The molecule has 1 atom stereocenters. The number of ether oxygens (including phenoxy) is 1. The average molecular weight is 559 g/mol. The Labute approximate surface area is 232 Å². The Bertz CT molecular complexity index is 1830. The van der Waals surface area contributed by atoms with E-state index in [9.17, 15) is 19.7 Å². The first-order chi connectivity index (χ1) is 19.2. The van der Waals surface area contributed by atoms with E-state index in [4.69, 9.17) is 9.15 Å². The largest absolute Gasteiger partial charge is 0.463 e. The number of fused-ring (bicyclic) bond motifs is 1. The van der Waals surface area contributed by atoms with Crippen LogP contribution < -0.4 is 19.8 Å². The van der Waals surface area contributed by atoms with Crippen molar-refractivity contribution in [1.29, 1.82) is 0 Å². The molecule has 0 aliphatic carbocycles. The van der Waals surface area contributed by atoms with Gasteiger partial charge in [0.2, 0.25) is 0 Å². The van der Waals surface area contributed by atoms with Gasteiger partial charge in [-0.05, 0) is 49.7 Å². The number of benzene rings is 2. The lowest BCUT2D eigenvalue weighted by atomic mass is 9.95. The highest BCUT2D eigenvalue weighted by molar-refractivity contribution is 7.07. The smallest absolute Gasteiger partial charge is 0.338 e. The van der Waals surface area contributed by atoms with Crippen LogP contribution in [0.3, 0.4) is 0 Å². The second-order valence-electron chi connectivity index (χ2n) is 9.26. The Morgan fingerprint density at radius 1 is 1.18 bits per heavy atom. The molecule has 0 fully saturated rings. The Morgan fingerprint density at radius 2 is 1.90 bits per heavy atom. The van der Waals surface area contributed by atoms with Crippen molar-refractivity contribution in [3.63, 3.8) is 0 Å². The molecule has 40 heavy (non-hydrogen) atoms. The zero-order chi connectivity index (χ0) is 28.6. The van der Waals surface area contributed by atoms with E-state index in [1.165, 1.54) is 22.0 Å². The summed E-state index contributed by atoms with van der Waals surface area (Å²) in [7, 11) is 3.87. The van der Waals surface area contributed by atoms with Crippen molar-refractivity contribution in [2.75, 3.05) is 25.6 Å².